The Morgan fingerprint density at radius 2 is 2.04 bits per heavy atom. The van der Waals surface area contributed by atoms with E-state index in [1.807, 2.05) is 0 Å². The molecule has 25 heavy (non-hydrogen) atoms. The molecule has 0 saturated carbocycles. The number of carbonyl (C=O) groups is 1. The largest absolute Gasteiger partial charge is 0.462 e. The van der Waals surface area contributed by atoms with Crippen molar-refractivity contribution in [3.8, 4) is 0 Å². The molecule has 1 unspecified atom stereocenters. The van der Waals surface area contributed by atoms with Crippen LogP contribution in [0.25, 0.3) is 5.57 Å². The Balaban J connectivity index is 1.95. The Bertz CT molecular complexity index is 822. The number of hydrogen-bond acceptors (Lipinski definition) is 5. The monoisotopic (exact) mass is 366 g/mol. The van der Waals surface area contributed by atoms with Crippen LogP contribution in [0.2, 0.25) is 0 Å². The first-order valence-electron chi connectivity index (χ1n) is 7.28. The lowest BCUT2D eigenvalue weighted by atomic mass is 9.98. The van der Waals surface area contributed by atoms with Gasteiger partial charge in [0.2, 0.25) is 5.78 Å². The fourth-order valence-corrected chi connectivity index (χ4v) is 3.13. The quantitative estimate of drug-likeness (QED) is 0.831. The van der Waals surface area contributed by atoms with Crippen LogP contribution in [0.3, 0.4) is 0 Å². The Labute approximate surface area is 146 Å². The molecule has 1 aliphatic heterocycles. The van der Waals surface area contributed by atoms with E-state index in [2.05, 4.69) is 10.3 Å². The molecule has 1 aromatic carbocycles. The van der Waals surface area contributed by atoms with Gasteiger partial charge in [0.15, 0.2) is 12.0 Å². The summed E-state index contributed by atoms with van der Waals surface area (Å²) in [6.45, 7) is 0. The molecular formula is C17H13F3N2O2S. The minimum Gasteiger partial charge on any atom is -0.462 e. The van der Waals surface area contributed by atoms with Crippen LogP contribution in [0, 0.1) is 0 Å². The van der Waals surface area contributed by atoms with E-state index in [9.17, 15) is 18.0 Å². The van der Waals surface area contributed by atoms with Crippen molar-refractivity contribution in [3.63, 3.8) is 0 Å². The van der Waals surface area contributed by atoms with Gasteiger partial charge in [0, 0.05) is 29.9 Å². The Morgan fingerprint density at radius 3 is 2.68 bits per heavy atom. The second-order valence-corrected chi connectivity index (χ2v) is 6.32. The van der Waals surface area contributed by atoms with Crippen molar-refractivity contribution in [2.45, 2.75) is 16.5 Å². The predicted octanol–water partition coefficient (Wildman–Crippen LogP) is 3.92. The topological polar surface area (TPSA) is 51.2 Å². The first kappa shape index (κ1) is 17.3. The molecule has 1 N–H and O–H groups in total. The SMILES string of the molecule is CNC1=C(c2cccc(SC(F)(F)F)c2)C(=O)C(c2cccnc2)O1. The molecule has 0 radical (unpaired) electrons. The molecule has 4 nitrogen and oxygen atoms in total. The van der Waals surface area contributed by atoms with Crippen LogP contribution in [0.4, 0.5) is 13.2 Å². The summed E-state index contributed by atoms with van der Waals surface area (Å²) in [6, 6.07) is 9.14. The zero-order valence-electron chi connectivity index (χ0n) is 13.0. The molecule has 3 rings (SSSR count). The van der Waals surface area contributed by atoms with Crippen molar-refractivity contribution < 1.29 is 22.7 Å². The van der Waals surface area contributed by atoms with Gasteiger partial charge in [-0.15, -0.1) is 0 Å². The minimum atomic E-state index is -4.40. The maximum atomic E-state index is 12.8. The third-order valence-corrected chi connectivity index (χ3v) is 4.24. The maximum absolute atomic E-state index is 12.8. The summed E-state index contributed by atoms with van der Waals surface area (Å²) in [5.41, 5.74) is -3.22. The highest BCUT2D eigenvalue weighted by Crippen LogP contribution is 2.40. The lowest BCUT2D eigenvalue weighted by molar-refractivity contribution is -0.120. The van der Waals surface area contributed by atoms with Crippen LogP contribution in [0.15, 0.2) is 59.6 Å². The average Bonchev–Trinajstić information content (AvgIpc) is 2.91. The number of hydrogen-bond donors (Lipinski definition) is 1. The van der Waals surface area contributed by atoms with Gasteiger partial charge >= 0.3 is 5.51 Å². The molecule has 1 aliphatic rings. The first-order chi connectivity index (χ1) is 11.9. The van der Waals surface area contributed by atoms with Gasteiger partial charge in [-0.2, -0.15) is 13.2 Å². The Morgan fingerprint density at radius 1 is 1.24 bits per heavy atom. The summed E-state index contributed by atoms with van der Waals surface area (Å²) in [5.74, 6) is -0.0977. The summed E-state index contributed by atoms with van der Waals surface area (Å²) in [7, 11) is 1.59. The number of ketones is 1. The molecule has 0 saturated heterocycles. The number of ether oxygens (including phenoxy) is 1. The van der Waals surface area contributed by atoms with E-state index in [0.717, 1.165) is 0 Å². The molecule has 1 aromatic heterocycles. The van der Waals surface area contributed by atoms with Crippen molar-refractivity contribution in [2.24, 2.45) is 0 Å². The number of Topliss-reactive ketones (excluding diaryl/α,β-unsaturated/α-hetero) is 1. The summed E-state index contributed by atoms with van der Waals surface area (Å²) < 4.78 is 43.4. The molecule has 0 spiro atoms. The van der Waals surface area contributed by atoms with Gasteiger partial charge in [0.05, 0.1) is 5.57 Å². The zero-order chi connectivity index (χ0) is 18.0. The van der Waals surface area contributed by atoms with E-state index >= 15 is 0 Å². The van der Waals surface area contributed by atoms with Crippen LogP contribution < -0.4 is 5.32 Å². The fourth-order valence-electron chi connectivity index (χ4n) is 2.53. The minimum absolute atomic E-state index is 0.00517. The van der Waals surface area contributed by atoms with Gasteiger partial charge in [0.1, 0.15) is 0 Å². The molecule has 8 heteroatoms. The highest BCUT2D eigenvalue weighted by molar-refractivity contribution is 8.00. The van der Waals surface area contributed by atoms with Gasteiger partial charge in [-0.3, -0.25) is 9.78 Å². The number of aromatic nitrogens is 1. The zero-order valence-corrected chi connectivity index (χ0v) is 13.8. The number of carbonyl (C=O) groups excluding carboxylic acids is 1. The van der Waals surface area contributed by atoms with Gasteiger partial charge in [-0.05, 0) is 35.5 Å². The molecule has 130 valence electrons. The Hall–Kier alpha value is -2.48. The molecule has 0 aliphatic carbocycles. The number of nitrogens with zero attached hydrogens (tertiary/aromatic N) is 1. The van der Waals surface area contributed by atoms with Crippen LogP contribution in [-0.4, -0.2) is 23.3 Å². The number of alkyl halides is 3. The maximum Gasteiger partial charge on any atom is 0.446 e. The van der Waals surface area contributed by atoms with Crippen LogP contribution in [-0.2, 0) is 9.53 Å². The third kappa shape index (κ3) is 3.79. The van der Waals surface area contributed by atoms with E-state index in [4.69, 9.17) is 4.74 Å². The van der Waals surface area contributed by atoms with E-state index < -0.39 is 11.6 Å². The van der Waals surface area contributed by atoms with Crippen LogP contribution in [0.1, 0.15) is 17.2 Å². The number of benzene rings is 1. The number of rotatable bonds is 4. The summed E-state index contributed by atoms with van der Waals surface area (Å²) in [6.07, 6.45) is 2.23. The van der Waals surface area contributed by atoms with Gasteiger partial charge in [-0.1, -0.05) is 18.2 Å². The average molecular weight is 366 g/mol. The standard InChI is InChI=1S/C17H13F3N2O2S/c1-21-16-13(10-4-2-6-12(8-10)25-17(18,19)20)14(23)15(24-16)11-5-3-7-22-9-11/h2-9,15,21H,1H3. The first-order valence-corrected chi connectivity index (χ1v) is 8.09. The summed E-state index contributed by atoms with van der Waals surface area (Å²) in [4.78, 5) is 16.8. The van der Waals surface area contributed by atoms with E-state index in [1.165, 1.54) is 24.4 Å². The van der Waals surface area contributed by atoms with Crippen molar-refractivity contribution >= 4 is 23.1 Å². The highest BCUT2D eigenvalue weighted by atomic mass is 32.2. The van der Waals surface area contributed by atoms with Gasteiger partial charge < -0.3 is 10.1 Å². The number of thioether (sulfide) groups is 1. The lowest BCUT2D eigenvalue weighted by Gasteiger charge is -2.10. The van der Waals surface area contributed by atoms with E-state index in [-0.39, 0.29) is 33.9 Å². The molecule has 1 atom stereocenters. The number of pyridine rings is 1. The van der Waals surface area contributed by atoms with Crippen molar-refractivity contribution in [1.82, 2.24) is 10.3 Å². The molecule has 0 amide bonds. The van der Waals surface area contributed by atoms with Crippen molar-refractivity contribution in [1.29, 1.82) is 0 Å². The second-order valence-electron chi connectivity index (χ2n) is 5.18. The van der Waals surface area contributed by atoms with Crippen LogP contribution in [0.5, 0.6) is 0 Å². The normalized spacial score (nSPS) is 17.6. The van der Waals surface area contributed by atoms with Crippen LogP contribution >= 0.6 is 11.8 Å². The van der Waals surface area contributed by atoms with Crippen molar-refractivity contribution in [3.05, 3.63) is 65.8 Å². The number of halogens is 3. The fraction of sp³-hybridized carbons (Fsp3) is 0.176. The third-order valence-electron chi connectivity index (χ3n) is 3.52. The Kier molecular flexibility index (Phi) is 4.71. The molecule has 0 fully saturated rings. The summed E-state index contributed by atoms with van der Waals surface area (Å²) in [5, 5.41) is 2.80. The second kappa shape index (κ2) is 6.79. The highest BCUT2D eigenvalue weighted by Gasteiger charge is 2.37. The smallest absolute Gasteiger partial charge is 0.446 e. The van der Waals surface area contributed by atoms with Gasteiger partial charge in [0.25, 0.3) is 0 Å². The summed E-state index contributed by atoms with van der Waals surface area (Å²) >= 11 is -0.224. The van der Waals surface area contributed by atoms with E-state index in [1.54, 1.807) is 31.4 Å². The molecular weight excluding hydrogens is 353 g/mol. The van der Waals surface area contributed by atoms with Crippen molar-refractivity contribution in [2.75, 3.05) is 7.05 Å². The molecule has 2 aromatic rings. The molecule has 0 bridgehead atoms. The number of nitrogens with one attached hydrogen (secondary N) is 1. The lowest BCUT2D eigenvalue weighted by Crippen LogP contribution is -2.10. The molecule has 2 heterocycles. The van der Waals surface area contributed by atoms with E-state index in [0.29, 0.717) is 11.1 Å². The predicted molar refractivity (Wildman–Crippen MR) is 87.4 cm³/mol. The van der Waals surface area contributed by atoms with Gasteiger partial charge in [-0.25, -0.2) is 0 Å².